The van der Waals surface area contributed by atoms with Crippen molar-refractivity contribution in [3.63, 3.8) is 0 Å². The fourth-order valence-electron chi connectivity index (χ4n) is 19.9. The van der Waals surface area contributed by atoms with Gasteiger partial charge in [-0.1, -0.05) is 314 Å². The first-order chi connectivity index (χ1) is 38.4. The summed E-state index contributed by atoms with van der Waals surface area (Å²) in [5, 5.41) is 8.71. The van der Waals surface area contributed by atoms with E-state index in [1.54, 1.807) is 33.1 Å². The molecule has 3 heteroatoms. The van der Waals surface area contributed by atoms with Crippen molar-refractivity contribution in [1.29, 1.82) is 0 Å². The van der Waals surface area contributed by atoms with Gasteiger partial charge >= 0.3 is 0 Å². The molecule has 0 radical (unpaired) electrons. The van der Waals surface area contributed by atoms with Crippen LogP contribution in [-0.2, 0) is 16.2 Å². The predicted molar refractivity (Wildman–Crippen MR) is 343 cm³/mol. The molecular weight excluding hydrogens is 945 g/mol. The molecule has 3 aliphatic carbocycles. The van der Waals surface area contributed by atoms with Crippen LogP contribution < -0.4 is 32.8 Å². The van der Waals surface area contributed by atoms with Crippen molar-refractivity contribution in [1.82, 2.24) is 0 Å². The largest absolute Gasteiger partial charge is 0.216 e. The van der Waals surface area contributed by atoms with E-state index in [0.717, 1.165) is 0 Å². The quantitative estimate of drug-likeness (QED) is 0.115. The smallest absolute Gasteiger partial charge is 0.0735 e. The molecule has 0 aromatic heterocycles. The molecule has 3 aliphatic heterocycles. The minimum atomic E-state index is 0.0824. The van der Waals surface area contributed by atoms with Crippen molar-refractivity contribution in [2.75, 3.05) is 0 Å². The molecule has 6 unspecified atom stereocenters. The zero-order chi connectivity index (χ0) is 53.3. The molecule has 3 heterocycles. The second-order valence-electron chi connectivity index (χ2n) is 27.6. The van der Waals surface area contributed by atoms with E-state index in [9.17, 15) is 0 Å². The summed E-state index contributed by atoms with van der Waals surface area (Å²) in [6, 6.07) is 75.3. The molecule has 6 aliphatic rings. The summed E-state index contributed by atoms with van der Waals surface area (Å²) in [6.07, 6.45) is 15.3. The van der Waals surface area contributed by atoms with Gasteiger partial charge in [0.2, 0.25) is 20.1 Å². The Morgan fingerprint density at radius 3 is 1.01 bits per heavy atom. The molecule has 3 saturated carbocycles. The molecule has 6 atom stereocenters. The first-order valence-corrected chi connectivity index (χ1v) is 30.7. The fourth-order valence-corrected chi connectivity index (χ4v) is 19.9. The van der Waals surface area contributed by atoms with Crippen LogP contribution in [0, 0.1) is 0 Å². The number of hydrogen-bond donors (Lipinski definition) is 0. The van der Waals surface area contributed by atoms with E-state index in [1.165, 1.54) is 159 Å². The molecule has 0 bridgehead atoms. The molecule has 3 fully saturated rings. The second kappa shape index (κ2) is 17.0. The van der Waals surface area contributed by atoms with Crippen LogP contribution in [0.1, 0.15) is 135 Å². The average molecular weight is 1020 g/mol. The molecule has 10 aromatic rings. The molecule has 0 amide bonds. The zero-order valence-electron chi connectivity index (χ0n) is 47.6. The Labute approximate surface area is 471 Å². The van der Waals surface area contributed by atoms with E-state index in [-0.39, 0.29) is 32.2 Å². The fraction of sp³-hybridized carbons (Fsp3) is 0.316. The maximum Gasteiger partial charge on any atom is 0.216 e. The summed E-state index contributed by atoms with van der Waals surface area (Å²) in [6.45, 7) is 17.0. The summed E-state index contributed by atoms with van der Waals surface area (Å²) in [5.74, 6) is 0. The van der Waals surface area contributed by atoms with Crippen molar-refractivity contribution < 1.29 is 0 Å². The van der Waals surface area contributed by atoms with Gasteiger partial charge in [-0.25, -0.2) is 0 Å². The van der Waals surface area contributed by atoms with Gasteiger partial charge in [0.05, 0.1) is 0 Å². The Morgan fingerprint density at radius 1 is 0.291 bits per heavy atom. The molecular formula is C76H73B3. The number of rotatable bonds is 6. The predicted octanol–water partition coefficient (Wildman–Crippen LogP) is 16.2. The highest BCUT2D eigenvalue weighted by atomic mass is 14.5. The minimum Gasteiger partial charge on any atom is -0.0735 e. The summed E-state index contributed by atoms with van der Waals surface area (Å²) in [5.41, 5.74) is 22.2. The van der Waals surface area contributed by atoms with Crippen LogP contribution in [0.4, 0.5) is 0 Å². The Kier molecular flexibility index (Phi) is 10.4. The third-order valence-corrected chi connectivity index (χ3v) is 24.6. The summed E-state index contributed by atoms with van der Waals surface area (Å²) < 4.78 is 0. The monoisotopic (exact) mass is 1020 g/mol. The Hall–Kier alpha value is -6.57. The van der Waals surface area contributed by atoms with Crippen LogP contribution in [0.15, 0.2) is 188 Å². The molecule has 0 N–H and O–H groups in total. The molecule has 16 rings (SSSR count). The first kappa shape index (κ1) is 48.4. The second-order valence-corrected chi connectivity index (χ2v) is 27.6. The van der Waals surface area contributed by atoms with Gasteiger partial charge in [-0.15, -0.1) is 0 Å². The van der Waals surface area contributed by atoms with Crippen LogP contribution in [-0.4, -0.2) is 20.1 Å². The van der Waals surface area contributed by atoms with Gasteiger partial charge in [0, 0.05) is 0 Å². The molecule has 0 saturated heterocycles. The maximum atomic E-state index is 2.69. The van der Waals surface area contributed by atoms with Gasteiger partial charge in [-0.3, -0.25) is 0 Å². The van der Waals surface area contributed by atoms with Gasteiger partial charge < -0.3 is 0 Å². The van der Waals surface area contributed by atoms with Crippen LogP contribution in [0.5, 0.6) is 0 Å². The zero-order valence-corrected chi connectivity index (χ0v) is 47.6. The Bertz CT molecular complexity index is 3960. The standard InChI is InChI=1S/C76H73B3/c1-71-40-16-19-43-74(71,4)77(54-22-10-7-11-23-54)66-37-30-51(46-63(66)71)57-33-28-50-29-34-59-61(52-31-38-67-64(47-52)72(2)41-17-20-44-75(72,5)78(67)55-24-12-8-13-25-55)49-62(60-36-35-58(57)69(50)70(59)60)53-32-39-68-65(48-53)73(3)42-18-21-45-76(73,6)79(68)56-26-14-9-15-27-56/h7-15,22-39,46-49H,16-21,40-45H2,1-6H3. The lowest BCUT2D eigenvalue weighted by molar-refractivity contribution is 0.243. The summed E-state index contributed by atoms with van der Waals surface area (Å²) >= 11 is 0. The summed E-state index contributed by atoms with van der Waals surface area (Å²) in [7, 11) is 0. The van der Waals surface area contributed by atoms with Crippen LogP contribution >= 0.6 is 0 Å². The van der Waals surface area contributed by atoms with Gasteiger partial charge in [0.1, 0.15) is 0 Å². The van der Waals surface area contributed by atoms with Crippen molar-refractivity contribution in [2.45, 2.75) is 151 Å². The molecule has 386 valence electrons. The number of fused-ring (bicyclic) bond motifs is 9. The van der Waals surface area contributed by atoms with E-state index >= 15 is 0 Å². The number of hydrogen-bond acceptors (Lipinski definition) is 0. The molecule has 79 heavy (non-hydrogen) atoms. The minimum absolute atomic E-state index is 0.0824. The lowest BCUT2D eigenvalue weighted by atomic mass is 9.26. The van der Waals surface area contributed by atoms with E-state index in [1.807, 2.05) is 0 Å². The maximum absolute atomic E-state index is 2.69. The SMILES string of the molecule is CC12CCCCC1(C)c1cc(-c3ccc4ccc5c(-c6ccc7c(c6)C6(C)CCCCC6(C)B7c6ccccc6)cc(-c6ccc7c(c6)C6(C)CCCCC6(C)B7c6ccccc6)c6ccc3c4c56)ccc1B2c1ccccc1. The highest BCUT2D eigenvalue weighted by molar-refractivity contribution is 6.90. The van der Waals surface area contributed by atoms with Gasteiger partial charge in [0.25, 0.3) is 0 Å². The first-order valence-electron chi connectivity index (χ1n) is 30.7. The van der Waals surface area contributed by atoms with Gasteiger partial charge in [-0.05, 0) is 140 Å². The molecule has 10 aromatic carbocycles. The lowest BCUT2D eigenvalue weighted by Crippen LogP contribution is -2.51. The van der Waals surface area contributed by atoms with Crippen LogP contribution in [0.3, 0.4) is 0 Å². The van der Waals surface area contributed by atoms with E-state index < -0.39 is 0 Å². The van der Waals surface area contributed by atoms with Crippen molar-refractivity contribution >= 4 is 85.2 Å². The molecule has 0 spiro atoms. The van der Waals surface area contributed by atoms with Gasteiger partial charge in [0.15, 0.2) is 0 Å². The molecule has 0 nitrogen and oxygen atoms in total. The highest BCUT2D eigenvalue weighted by Gasteiger charge is 2.63. The van der Waals surface area contributed by atoms with Crippen LogP contribution in [0.2, 0.25) is 15.9 Å². The third kappa shape index (κ3) is 6.32. The van der Waals surface area contributed by atoms with E-state index in [4.69, 9.17) is 0 Å². The van der Waals surface area contributed by atoms with Gasteiger partial charge in [-0.2, -0.15) is 0 Å². The van der Waals surface area contributed by atoms with Crippen molar-refractivity contribution in [2.24, 2.45) is 0 Å². The number of benzene rings is 10. The summed E-state index contributed by atoms with van der Waals surface area (Å²) in [4.78, 5) is 0. The average Bonchev–Trinajstić information content (AvgIpc) is 4.19. The van der Waals surface area contributed by atoms with E-state index in [2.05, 4.69) is 230 Å². The lowest BCUT2D eigenvalue weighted by Gasteiger charge is -2.48. The van der Waals surface area contributed by atoms with Crippen molar-refractivity contribution in [3.05, 3.63) is 205 Å². The normalized spacial score (nSPS) is 27.7. The topological polar surface area (TPSA) is 0 Å². The van der Waals surface area contributed by atoms with Crippen molar-refractivity contribution in [3.8, 4) is 33.4 Å². The van der Waals surface area contributed by atoms with Crippen LogP contribution in [0.25, 0.3) is 65.7 Å². The Morgan fingerprint density at radius 2 is 0.620 bits per heavy atom. The Balaban J connectivity index is 0.932. The third-order valence-electron chi connectivity index (χ3n) is 24.6. The highest BCUT2D eigenvalue weighted by Crippen LogP contribution is 2.65. The van der Waals surface area contributed by atoms with E-state index in [0.29, 0.717) is 20.1 Å².